The fourth-order valence-corrected chi connectivity index (χ4v) is 3.86. The Kier molecular flexibility index (Phi) is 5.42. The van der Waals surface area contributed by atoms with Crippen molar-refractivity contribution in [1.82, 2.24) is 14.5 Å². The summed E-state index contributed by atoms with van der Waals surface area (Å²) in [5.74, 6) is -0.322. The predicted octanol–water partition coefficient (Wildman–Crippen LogP) is 3.20. The zero-order valence-electron chi connectivity index (χ0n) is 16.1. The van der Waals surface area contributed by atoms with Crippen molar-refractivity contribution in [2.45, 2.75) is 19.3 Å². The Hall–Kier alpha value is -3.41. The number of likely N-dealkylation sites (tertiary alicyclic amines) is 1. The summed E-state index contributed by atoms with van der Waals surface area (Å²) in [5.41, 5.74) is 3.67. The summed E-state index contributed by atoms with van der Waals surface area (Å²) in [6.45, 7) is 1.52. The van der Waals surface area contributed by atoms with E-state index in [9.17, 15) is 9.59 Å². The second kappa shape index (κ2) is 8.31. The van der Waals surface area contributed by atoms with E-state index in [1.165, 1.54) is 5.56 Å². The second-order valence-corrected chi connectivity index (χ2v) is 7.51. The van der Waals surface area contributed by atoms with Crippen molar-refractivity contribution in [2.75, 3.05) is 13.1 Å². The Balaban J connectivity index is 1.34. The van der Waals surface area contributed by atoms with E-state index in [-0.39, 0.29) is 12.3 Å². The third-order valence-corrected chi connectivity index (χ3v) is 5.39. The molecular weight excluding hydrogens is 366 g/mol. The highest BCUT2D eigenvalue weighted by molar-refractivity contribution is 5.94. The van der Waals surface area contributed by atoms with E-state index in [1.54, 1.807) is 12.5 Å². The Bertz CT molecular complexity index is 979. The third kappa shape index (κ3) is 4.54. The molecule has 1 N–H and O–H groups in total. The number of rotatable bonds is 6. The number of imidazole rings is 1. The van der Waals surface area contributed by atoms with E-state index in [0.29, 0.717) is 11.5 Å². The minimum atomic E-state index is -0.819. The molecule has 0 saturated carbocycles. The van der Waals surface area contributed by atoms with Crippen LogP contribution in [0.5, 0.6) is 0 Å². The van der Waals surface area contributed by atoms with Crippen molar-refractivity contribution in [1.29, 1.82) is 0 Å². The van der Waals surface area contributed by atoms with Crippen molar-refractivity contribution < 1.29 is 14.7 Å². The zero-order chi connectivity index (χ0) is 20.2. The van der Waals surface area contributed by atoms with E-state index in [2.05, 4.69) is 4.98 Å². The minimum Gasteiger partial charge on any atom is -0.481 e. The van der Waals surface area contributed by atoms with Crippen LogP contribution in [-0.4, -0.2) is 44.5 Å². The van der Waals surface area contributed by atoms with Crippen molar-refractivity contribution >= 4 is 11.9 Å². The van der Waals surface area contributed by atoms with E-state index in [1.807, 2.05) is 64.2 Å². The van der Waals surface area contributed by atoms with Crippen LogP contribution in [0.3, 0.4) is 0 Å². The van der Waals surface area contributed by atoms with Crippen LogP contribution in [0.1, 0.15) is 27.9 Å². The molecule has 1 aromatic heterocycles. The summed E-state index contributed by atoms with van der Waals surface area (Å²) in [6, 6.07) is 15.3. The summed E-state index contributed by atoms with van der Waals surface area (Å²) < 4.78 is 1.90. The quantitative estimate of drug-likeness (QED) is 0.702. The Labute approximate surface area is 169 Å². The topological polar surface area (TPSA) is 75.4 Å². The largest absolute Gasteiger partial charge is 0.481 e. The van der Waals surface area contributed by atoms with Gasteiger partial charge in [0.2, 0.25) is 0 Å². The number of aromatic nitrogens is 2. The van der Waals surface area contributed by atoms with E-state index in [4.69, 9.17) is 5.11 Å². The molecule has 0 radical (unpaired) electrons. The van der Waals surface area contributed by atoms with Gasteiger partial charge >= 0.3 is 5.97 Å². The van der Waals surface area contributed by atoms with Crippen LogP contribution in [0, 0.1) is 5.92 Å². The van der Waals surface area contributed by atoms with Crippen molar-refractivity contribution in [3.63, 3.8) is 0 Å². The smallest absolute Gasteiger partial charge is 0.307 e. The summed E-state index contributed by atoms with van der Waals surface area (Å²) in [7, 11) is 0. The minimum absolute atomic E-state index is 0.0472. The van der Waals surface area contributed by atoms with Crippen molar-refractivity contribution in [2.24, 2.45) is 5.92 Å². The number of carboxylic acids is 1. The first-order valence-electron chi connectivity index (χ1n) is 9.76. The van der Waals surface area contributed by atoms with Crippen LogP contribution >= 0.6 is 0 Å². The first-order chi connectivity index (χ1) is 14.1. The highest BCUT2D eigenvalue weighted by Crippen LogP contribution is 2.23. The van der Waals surface area contributed by atoms with Crippen molar-refractivity contribution in [3.8, 4) is 5.69 Å². The number of hydrogen-bond donors (Lipinski definition) is 1. The van der Waals surface area contributed by atoms with Gasteiger partial charge < -0.3 is 14.6 Å². The number of carboxylic acid groups (broad SMARTS) is 1. The molecule has 1 aliphatic rings. The van der Waals surface area contributed by atoms with Gasteiger partial charge in [-0.2, -0.15) is 0 Å². The van der Waals surface area contributed by atoms with Crippen LogP contribution in [-0.2, 0) is 17.6 Å². The lowest BCUT2D eigenvalue weighted by atomic mass is 9.97. The maximum absolute atomic E-state index is 12.8. The molecule has 0 aliphatic carbocycles. The van der Waals surface area contributed by atoms with E-state index < -0.39 is 5.97 Å². The molecule has 1 unspecified atom stereocenters. The number of nitrogens with zero attached hydrogens (tertiary/aromatic N) is 3. The molecular formula is C23H23N3O3. The highest BCUT2D eigenvalue weighted by Gasteiger charge is 2.27. The molecule has 0 bridgehead atoms. The van der Waals surface area contributed by atoms with Gasteiger partial charge in [0.15, 0.2) is 0 Å². The fourth-order valence-electron chi connectivity index (χ4n) is 3.86. The lowest BCUT2D eigenvalue weighted by Gasteiger charge is -2.17. The SMILES string of the molecule is O=C(O)Cc1ccc(CC2CCN(C(=O)c3ccc(-n4ccnc4)cc3)C2)cc1. The van der Waals surface area contributed by atoms with Crippen LogP contribution in [0.25, 0.3) is 5.69 Å². The lowest BCUT2D eigenvalue weighted by Crippen LogP contribution is -2.28. The monoisotopic (exact) mass is 389 g/mol. The Morgan fingerprint density at radius 3 is 2.41 bits per heavy atom. The van der Waals surface area contributed by atoms with Crippen molar-refractivity contribution in [3.05, 3.63) is 83.9 Å². The zero-order valence-corrected chi connectivity index (χ0v) is 16.1. The number of hydrogen-bond acceptors (Lipinski definition) is 3. The van der Waals surface area contributed by atoms with Gasteiger partial charge in [-0.15, -0.1) is 0 Å². The second-order valence-electron chi connectivity index (χ2n) is 7.51. The molecule has 148 valence electrons. The van der Waals surface area contributed by atoms with Gasteiger partial charge in [-0.05, 0) is 54.2 Å². The number of carbonyl (C=O) groups is 2. The first-order valence-corrected chi connectivity index (χ1v) is 9.76. The molecule has 4 rings (SSSR count). The van der Waals surface area contributed by atoms with Gasteiger partial charge in [0.25, 0.3) is 5.91 Å². The third-order valence-electron chi connectivity index (χ3n) is 5.39. The molecule has 2 aromatic carbocycles. The van der Waals surface area contributed by atoms with Crippen LogP contribution < -0.4 is 0 Å². The molecule has 1 aliphatic heterocycles. The van der Waals surface area contributed by atoms with Gasteiger partial charge in [0, 0.05) is 36.7 Å². The predicted molar refractivity (Wildman–Crippen MR) is 109 cm³/mol. The molecule has 6 nitrogen and oxygen atoms in total. The molecule has 0 spiro atoms. The number of carbonyl (C=O) groups excluding carboxylic acids is 1. The molecule has 1 amide bonds. The first kappa shape index (κ1) is 18.9. The maximum Gasteiger partial charge on any atom is 0.307 e. The van der Waals surface area contributed by atoms with Crippen LogP contribution in [0.2, 0.25) is 0 Å². The van der Waals surface area contributed by atoms with Gasteiger partial charge in [-0.3, -0.25) is 9.59 Å². The number of benzene rings is 2. The molecule has 3 aromatic rings. The summed E-state index contributed by atoms with van der Waals surface area (Å²) >= 11 is 0. The van der Waals surface area contributed by atoms with Crippen LogP contribution in [0.4, 0.5) is 0 Å². The summed E-state index contributed by atoms with van der Waals surface area (Å²) in [4.78, 5) is 29.6. The van der Waals surface area contributed by atoms with E-state index >= 15 is 0 Å². The van der Waals surface area contributed by atoms with Crippen LogP contribution in [0.15, 0.2) is 67.3 Å². The molecule has 2 heterocycles. The maximum atomic E-state index is 12.8. The standard InChI is InChI=1S/C23H23N3O3/c27-22(28)14-18-3-1-17(2-4-18)13-19-9-11-25(15-19)23(29)20-5-7-21(8-6-20)26-12-10-24-16-26/h1-8,10,12,16,19H,9,11,13-15H2,(H,27,28). The molecule has 1 fully saturated rings. The summed E-state index contributed by atoms with van der Waals surface area (Å²) in [5, 5.41) is 8.86. The fraction of sp³-hybridized carbons (Fsp3) is 0.261. The van der Waals surface area contributed by atoms with Gasteiger partial charge in [0.1, 0.15) is 0 Å². The van der Waals surface area contributed by atoms with E-state index in [0.717, 1.165) is 37.2 Å². The Morgan fingerprint density at radius 1 is 1.03 bits per heavy atom. The lowest BCUT2D eigenvalue weighted by molar-refractivity contribution is -0.136. The van der Waals surface area contributed by atoms with Gasteiger partial charge in [-0.25, -0.2) is 4.98 Å². The number of aliphatic carboxylic acids is 1. The molecule has 1 atom stereocenters. The average molecular weight is 389 g/mol. The highest BCUT2D eigenvalue weighted by atomic mass is 16.4. The summed E-state index contributed by atoms with van der Waals surface area (Å²) in [6.07, 6.45) is 7.26. The Morgan fingerprint density at radius 2 is 1.76 bits per heavy atom. The molecule has 6 heteroatoms. The normalized spacial score (nSPS) is 16.1. The number of amides is 1. The molecule has 1 saturated heterocycles. The average Bonchev–Trinajstić information content (AvgIpc) is 3.41. The molecule has 29 heavy (non-hydrogen) atoms. The van der Waals surface area contributed by atoms with Gasteiger partial charge in [-0.1, -0.05) is 24.3 Å². The van der Waals surface area contributed by atoms with Gasteiger partial charge in [0.05, 0.1) is 12.7 Å².